The smallest absolute Gasteiger partial charge is 0.270 e. The summed E-state index contributed by atoms with van der Waals surface area (Å²) in [6.45, 7) is 5.53. The number of benzene rings is 1. The van der Waals surface area contributed by atoms with Crippen LogP contribution >= 0.6 is 0 Å². The van der Waals surface area contributed by atoms with E-state index in [1.54, 1.807) is 24.5 Å². The molecule has 0 bridgehead atoms. The summed E-state index contributed by atoms with van der Waals surface area (Å²) in [7, 11) is 0. The molecule has 0 aliphatic carbocycles. The quantitative estimate of drug-likeness (QED) is 0.727. The maximum absolute atomic E-state index is 12.7. The number of rotatable bonds is 5. The summed E-state index contributed by atoms with van der Waals surface area (Å²) in [5.41, 5.74) is 1.23. The lowest BCUT2D eigenvalue weighted by Crippen LogP contribution is -2.46. The van der Waals surface area contributed by atoms with Gasteiger partial charge in [-0.3, -0.25) is 9.59 Å². The van der Waals surface area contributed by atoms with Gasteiger partial charge < -0.3 is 15.1 Å². The Bertz CT molecular complexity index is 922. The van der Waals surface area contributed by atoms with E-state index in [9.17, 15) is 9.59 Å². The van der Waals surface area contributed by atoms with Crippen molar-refractivity contribution in [1.82, 2.24) is 20.4 Å². The van der Waals surface area contributed by atoms with Crippen LogP contribution in [-0.4, -0.2) is 33.7 Å². The van der Waals surface area contributed by atoms with Crippen molar-refractivity contribution < 1.29 is 14.0 Å². The fraction of sp³-hybridized carbons (Fsp3) is 0.250. The van der Waals surface area contributed by atoms with Gasteiger partial charge in [-0.15, -0.1) is 0 Å². The molecule has 0 saturated heterocycles. The lowest BCUT2D eigenvalue weighted by molar-refractivity contribution is -0.121. The van der Waals surface area contributed by atoms with Crippen LogP contribution in [0.4, 0.5) is 0 Å². The third-order valence-electron chi connectivity index (χ3n) is 3.64. The molecule has 3 rings (SSSR count). The third kappa shape index (κ3) is 4.63. The lowest BCUT2D eigenvalue weighted by atomic mass is 10.1. The molecule has 2 heterocycles. The average Bonchev–Trinajstić information content (AvgIpc) is 3.28. The number of nitrogens with one attached hydrogen (secondary N) is 2. The Morgan fingerprint density at radius 2 is 1.85 bits per heavy atom. The van der Waals surface area contributed by atoms with Crippen LogP contribution in [0.3, 0.4) is 0 Å². The van der Waals surface area contributed by atoms with Gasteiger partial charge in [-0.05, 0) is 45.0 Å². The van der Waals surface area contributed by atoms with E-state index in [0.717, 1.165) is 5.69 Å². The summed E-state index contributed by atoms with van der Waals surface area (Å²) in [6.07, 6.45) is 1.55. The molecule has 0 saturated carbocycles. The Hall–Kier alpha value is -3.35. The van der Waals surface area contributed by atoms with Crippen molar-refractivity contribution in [2.24, 2.45) is 0 Å². The second-order valence-corrected chi connectivity index (χ2v) is 7.12. The first-order valence-electron chi connectivity index (χ1n) is 8.62. The molecule has 2 amide bonds. The largest absolute Gasteiger partial charge is 0.463 e. The molecule has 0 fully saturated rings. The Morgan fingerprint density at radius 1 is 1.11 bits per heavy atom. The van der Waals surface area contributed by atoms with Crippen LogP contribution in [0.1, 0.15) is 31.3 Å². The van der Waals surface area contributed by atoms with Crippen LogP contribution in [0.15, 0.2) is 59.2 Å². The second kappa shape index (κ2) is 7.49. The number of amides is 2. The van der Waals surface area contributed by atoms with Crippen LogP contribution in [0.25, 0.3) is 17.1 Å². The highest BCUT2D eigenvalue weighted by molar-refractivity contribution is 5.96. The first kappa shape index (κ1) is 18.4. The molecular formula is C20H22N4O3. The summed E-state index contributed by atoms with van der Waals surface area (Å²) < 4.78 is 6.92. The van der Waals surface area contributed by atoms with E-state index >= 15 is 0 Å². The van der Waals surface area contributed by atoms with E-state index in [4.69, 9.17) is 4.42 Å². The summed E-state index contributed by atoms with van der Waals surface area (Å²) in [5.74, 6) is -0.0923. The number of furan rings is 1. The first-order valence-corrected chi connectivity index (χ1v) is 8.62. The van der Waals surface area contributed by atoms with Crippen molar-refractivity contribution in [3.05, 3.63) is 60.5 Å². The summed E-state index contributed by atoms with van der Waals surface area (Å²) >= 11 is 0. The van der Waals surface area contributed by atoms with Crippen LogP contribution in [0, 0.1) is 0 Å². The molecule has 2 N–H and O–H groups in total. The van der Waals surface area contributed by atoms with Gasteiger partial charge in [-0.25, -0.2) is 4.68 Å². The van der Waals surface area contributed by atoms with Crippen molar-refractivity contribution in [3.63, 3.8) is 0 Å². The first-order chi connectivity index (χ1) is 12.8. The molecule has 7 heteroatoms. The standard InChI is InChI=1S/C20H22N4O3/c1-20(2,3)22-18(25)13-21-19(26)16-12-15(17-10-7-11-27-17)23-24(16)14-8-5-4-6-9-14/h4-12H,13H2,1-3H3,(H,21,26)(H,22,25). The Balaban J connectivity index is 1.85. The minimum Gasteiger partial charge on any atom is -0.463 e. The van der Waals surface area contributed by atoms with Gasteiger partial charge in [0.15, 0.2) is 5.76 Å². The maximum Gasteiger partial charge on any atom is 0.270 e. The number of hydrogen-bond donors (Lipinski definition) is 2. The van der Waals surface area contributed by atoms with Gasteiger partial charge in [0.25, 0.3) is 5.91 Å². The van der Waals surface area contributed by atoms with Gasteiger partial charge in [0, 0.05) is 11.6 Å². The van der Waals surface area contributed by atoms with Crippen molar-refractivity contribution in [3.8, 4) is 17.1 Å². The van der Waals surface area contributed by atoms with Gasteiger partial charge in [-0.2, -0.15) is 5.10 Å². The molecule has 2 aromatic heterocycles. The number of para-hydroxylation sites is 1. The van der Waals surface area contributed by atoms with Crippen LogP contribution in [0.2, 0.25) is 0 Å². The molecule has 3 aromatic rings. The normalized spacial score (nSPS) is 11.2. The predicted octanol–water partition coefficient (Wildman–Crippen LogP) is 2.78. The molecule has 0 unspecified atom stereocenters. The Kier molecular flexibility index (Phi) is 5.12. The third-order valence-corrected chi connectivity index (χ3v) is 3.64. The van der Waals surface area contributed by atoms with E-state index in [2.05, 4.69) is 15.7 Å². The monoisotopic (exact) mass is 366 g/mol. The van der Waals surface area contributed by atoms with Gasteiger partial charge in [0.1, 0.15) is 11.4 Å². The molecule has 27 heavy (non-hydrogen) atoms. The van der Waals surface area contributed by atoms with E-state index in [-0.39, 0.29) is 18.0 Å². The van der Waals surface area contributed by atoms with Gasteiger partial charge in [0.2, 0.25) is 5.91 Å². The second-order valence-electron chi connectivity index (χ2n) is 7.12. The minimum absolute atomic E-state index is 0.119. The molecular weight excluding hydrogens is 344 g/mol. The Morgan fingerprint density at radius 3 is 2.48 bits per heavy atom. The fourth-order valence-electron chi connectivity index (χ4n) is 2.57. The Labute approximate surface area is 157 Å². The predicted molar refractivity (Wildman–Crippen MR) is 101 cm³/mol. The molecule has 0 spiro atoms. The van der Waals surface area contributed by atoms with Crippen molar-refractivity contribution >= 4 is 11.8 Å². The van der Waals surface area contributed by atoms with Gasteiger partial charge in [-0.1, -0.05) is 18.2 Å². The zero-order valence-corrected chi connectivity index (χ0v) is 15.5. The molecule has 7 nitrogen and oxygen atoms in total. The summed E-state index contributed by atoms with van der Waals surface area (Å²) in [6, 6.07) is 14.5. The van der Waals surface area contributed by atoms with Crippen LogP contribution < -0.4 is 10.6 Å². The summed E-state index contributed by atoms with van der Waals surface area (Å²) in [5, 5.41) is 9.95. The molecule has 0 atom stereocenters. The van der Waals surface area contributed by atoms with E-state index < -0.39 is 5.91 Å². The number of carbonyl (C=O) groups is 2. The minimum atomic E-state index is -0.395. The molecule has 0 aliphatic heterocycles. The lowest BCUT2D eigenvalue weighted by Gasteiger charge is -2.20. The number of hydrogen-bond acceptors (Lipinski definition) is 4. The van der Waals surface area contributed by atoms with E-state index in [0.29, 0.717) is 17.1 Å². The van der Waals surface area contributed by atoms with Crippen LogP contribution in [-0.2, 0) is 4.79 Å². The van der Waals surface area contributed by atoms with Crippen molar-refractivity contribution in [1.29, 1.82) is 0 Å². The molecule has 140 valence electrons. The van der Waals surface area contributed by atoms with E-state index in [1.165, 1.54) is 4.68 Å². The fourth-order valence-corrected chi connectivity index (χ4v) is 2.57. The van der Waals surface area contributed by atoms with E-state index in [1.807, 2.05) is 51.1 Å². The topological polar surface area (TPSA) is 89.2 Å². The van der Waals surface area contributed by atoms with Crippen LogP contribution in [0.5, 0.6) is 0 Å². The summed E-state index contributed by atoms with van der Waals surface area (Å²) in [4.78, 5) is 24.7. The number of nitrogens with zero attached hydrogens (tertiary/aromatic N) is 2. The average molecular weight is 366 g/mol. The van der Waals surface area contributed by atoms with Crippen molar-refractivity contribution in [2.45, 2.75) is 26.3 Å². The van der Waals surface area contributed by atoms with Crippen molar-refractivity contribution in [2.75, 3.05) is 6.54 Å². The molecule has 0 radical (unpaired) electrons. The number of aromatic nitrogens is 2. The highest BCUT2D eigenvalue weighted by Crippen LogP contribution is 2.22. The van der Waals surface area contributed by atoms with Gasteiger partial charge in [0.05, 0.1) is 18.5 Å². The zero-order valence-electron chi connectivity index (χ0n) is 15.5. The zero-order chi connectivity index (χ0) is 19.4. The maximum atomic E-state index is 12.7. The van der Waals surface area contributed by atoms with Gasteiger partial charge >= 0.3 is 0 Å². The molecule has 0 aliphatic rings. The highest BCUT2D eigenvalue weighted by Gasteiger charge is 2.20. The SMILES string of the molecule is CC(C)(C)NC(=O)CNC(=O)c1cc(-c2ccco2)nn1-c1ccccc1. The number of carbonyl (C=O) groups excluding carboxylic acids is 2. The highest BCUT2D eigenvalue weighted by atomic mass is 16.3. The molecule has 1 aromatic carbocycles.